The predicted molar refractivity (Wildman–Crippen MR) is 117 cm³/mol. The number of carbonyl (C=O) groups is 2. The molecule has 0 unspecified atom stereocenters. The van der Waals surface area contributed by atoms with Crippen molar-refractivity contribution < 1.29 is 14.7 Å². The molecule has 31 heavy (non-hydrogen) atoms. The first kappa shape index (κ1) is 21.6. The number of benzene rings is 1. The highest BCUT2D eigenvalue weighted by molar-refractivity contribution is 5.95. The summed E-state index contributed by atoms with van der Waals surface area (Å²) < 4.78 is 0. The van der Waals surface area contributed by atoms with E-state index in [2.05, 4.69) is 20.8 Å². The molecule has 4 N–H and O–H groups in total. The highest BCUT2D eigenvalue weighted by Crippen LogP contribution is 2.33. The lowest BCUT2D eigenvalue weighted by Gasteiger charge is -2.33. The van der Waals surface area contributed by atoms with Crippen LogP contribution >= 0.6 is 0 Å². The molecule has 0 radical (unpaired) electrons. The zero-order valence-electron chi connectivity index (χ0n) is 17.8. The molecule has 166 valence electrons. The van der Waals surface area contributed by atoms with Crippen molar-refractivity contribution in [2.75, 3.05) is 0 Å². The Morgan fingerprint density at radius 2 is 1.84 bits per heavy atom. The summed E-state index contributed by atoms with van der Waals surface area (Å²) in [7, 11) is 0. The second kappa shape index (κ2) is 10.1. The third-order valence-electron chi connectivity index (χ3n) is 6.74. The fraction of sp³-hybridized carbons (Fsp3) is 0.542. The van der Waals surface area contributed by atoms with Crippen molar-refractivity contribution in [3.05, 3.63) is 53.3 Å². The van der Waals surface area contributed by atoms with Crippen molar-refractivity contribution in [3.63, 3.8) is 0 Å². The minimum absolute atomic E-state index is 0.0397. The van der Waals surface area contributed by atoms with Crippen LogP contribution in [0.25, 0.3) is 0 Å². The number of aromatic nitrogens is 2. The average molecular weight is 425 g/mol. The third-order valence-corrected chi connectivity index (χ3v) is 6.74. The van der Waals surface area contributed by atoms with Gasteiger partial charge in [-0.2, -0.15) is 5.10 Å². The number of nitrogens with zero attached hydrogens (tertiary/aromatic N) is 1. The van der Waals surface area contributed by atoms with E-state index in [1.165, 1.54) is 19.3 Å². The van der Waals surface area contributed by atoms with Gasteiger partial charge in [0, 0.05) is 18.4 Å². The Morgan fingerprint density at radius 3 is 2.58 bits per heavy atom. The smallest absolute Gasteiger partial charge is 0.255 e. The zero-order valence-corrected chi connectivity index (χ0v) is 17.8. The molecule has 4 rings (SSSR count). The number of aliphatic hydroxyl groups is 1. The van der Waals surface area contributed by atoms with Crippen molar-refractivity contribution in [1.29, 1.82) is 0 Å². The summed E-state index contributed by atoms with van der Waals surface area (Å²) in [4.78, 5) is 25.4. The number of aromatic amines is 1. The van der Waals surface area contributed by atoms with Gasteiger partial charge < -0.3 is 15.7 Å². The maximum Gasteiger partial charge on any atom is 0.255 e. The Labute approximate surface area is 183 Å². The van der Waals surface area contributed by atoms with Crippen LogP contribution in [0.15, 0.2) is 36.5 Å². The van der Waals surface area contributed by atoms with Gasteiger partial charge in [0.2, 0.25) is 5.91 Å². The van der Waals surface area contributed by atoms with Crippen LogP contribution < -0.4 is 10.6 Å². The lowest BCUT2D eigenvalue weighted by Crippen LogP contribution is -2.49. The van der Waals surface area contributed by atoms with Gasteiger partial charge >= 0.3 is 0 Å². The van der Waals surface area contributed by atoms with Crippen LogP contribution in [0.2, 0.25) is 0 Å². The van der Waals surface area contributed by atoms with Crippen molar-refractivity contribution >= 4 is 11.8 Å². The van der Waals surface area contributed by atoms with Gasteiger partial charge in [-0.15, -0.1) is 0 Å². The molecule has 0 saturated heterocycles. The fourth-order valence-corrected chi connectivity index (χ4v) is 4.91. The van der Waals surface area contributed by atoms with Gasteiger partial charge in [0.15, 0.2) is 0 Å². The quantitative estimate of drug-likeness (QED) is 0.572. The fourth-order valence-electron chi connectivity index (χ4n) is 4.91. The van der Waals surface area contributed by atoms with Gasteiger partial charge in [-0.25, -0.2) is 0 Å². The topological polar surface area (TPSA) is 107 Å². The van der Waals surface area contributed by atoms with E-state index < -0.39 is 6.10 Å². The van der Waals surface area contributed by atoms with Crippen molar-refractivity contribution in [1.82, 2.24) is 20.8 Å². The normalized spacial score (nSPS) is 24.5. The molecule has 2 amide bonds. The first-order valence-corrected chi connectivity index (χ1v) is 11.5. The zero-order chi connectivity index (χ0) is 21.6. The van der Waals surface area contributed by atoms with E-state index in [9.17, 15) is 14.7 Å². The first-order valence-electron chi connectivity index (χ1n) is 11.5. The Bertz CT molecular complexity index is 876. The second-order valence-corrected chi connectivity index (χ2v) is 8.89. The third kappa shape index (κ3) is 5.34. The molecule has 2 aromatic rings. The molecule has 0 spiro atoms. The molecule has 3 atom stereocenters. The van der Waals surface area contributed by atoms with Crippen LogP contribution in [0, 0.1) is 5.92 Å². The van der Waals surface area contributed by atoms with E-state index in [0.29, 0.717) is 37.3 Å². The highest BCUT2D eigenvalue weighted by atomic mass is 16.3. The number of aliphatic hydroxyl groups excluding tert-OH is 1. The number of H-pyrrole nitrogens is 1. The molecule has 1 aromatic carbocycles. The van der Waals surface area contributed by atoms with Crippen molar-refractivity contribution in [2.24, 2.45) is 5.92 Å². The van der Waals surface area contributed by atoms with Gasteiger partial charge in [-0.1, -0.05) is 49.6 Å². The monoisotopic (exact) mass is 424 g/mol. The van der Waals surface area contributed by atoms with Crippen LogP contribution in [-0.2, 0) is 11.3 Å². The molecule has 2 aliphatic rings. The minimum atomic E-state index is -0.741. The van der Waals surface area contributed by atoms with Crippen LogP contribution in [0.4, 0.5) is 0 Å². The molecule has 2 saturated carbocycles. The van der Waals surface area contributed by atoms with E-state index >= 15 is 0 Å². The lowest BCUT2D eigenvalue weighted by molar-refractivity contribution is -0.127. The molecule has 1 aromatic heterocycles. The molecule has 1 heterocycles. The largest absolute Gasteiger partial charge is 0.391 e. The number of amides is 2. The van der Waals surface area contributed by atoms with E-state index in [0.717, 1.165) is 24.1 Å². The molecular formula is C24H32N4O3. The molecule has 2 aliphatic carbocycles. The highest BCUT2D eigenvalue weighted by Gasteiger charge is 2.34. The van der Waals surface area contributed by atoms with Crippen molar-refractivity contribution in [3.8, 4) is 0 Å². The molecule has 7 heteroatoms. The van der Waals surface area contributed by atoms with Gasteiger partial charge in [0.25, 0.3) is 5.91 Å². The van der Waals surface area contributed by atoms with E-state index in [1.807, 2.05) is 30.3 Å². The molecular weight excluding hydrogens is 392 g/mol. The number of nitrogens with one attached hydrogen (secondary N) is 3. The maximum atomic E-state index is 12.9. The Balaban J connectivity index is 1.29. The summed E-state index contributed by atoms with van der Waals surface area (Å²) >= 11 is 0. The van der Waals surface area contributed by atoms with Gasteiger partial charge in [-0.3, -0.25) is 14.7 Å². The average Bonchev–Trinajstić information content (AvgIpc) is 3.30. The van der Waals surface area contributed by atoms with Crippen LogP contribution in [-0.4, -0.2) is 39.3 Å². The number of carbonyl (C=O) groups excluding carboxylic acids is 2. The minimum Gasteiger partial charge on any atom is -0.391 e. The number of hydrogen-bond donors (Lipinski definition) is 4. The molecule has 2 fully saturated rings. The van der Waals surface area contributed by atoms with Gasteiger partial charge in [-0.05, 0) is 37.7 Å². The van der Waals surface area contributed by atoms with E-state index in [-0.39, 0.29) is 23.8 Å². The van der Waals surface area contributed by atoms with Crippen LogP contribution in [0.3, 0.4) is 0 Å². The molecule has 0 aliphatic heterocycles. The Kier molecular flexibility index (Phi) is 7.02. The van der Waals surface area contributed by atoms with Crippen LogP contribution in [0.1, 0.15) is 78.9 Å². The van der Waals surface area contributed by atoms with Crippen molar-refractivity contribution in [2.45, 2.75) is 76.0 Å². The summed E-state index contributed by atoms with van der Waals surface area (Å²) in [5.74, 6) is -0.114. The first-order chi connectivity index (χ1) is 15.1. The van der Waals surface area contributed by atoms with Gasteiger partial charge in [0.1, 0.15) is 0 Å². The van der Waals surface area contributed by atoms with Crippen LogP contribution in [0.5, 0.6) is 0 Å². The summed E-state index contributed by atoms with van der Waals surface area (Å²) in [6.45, 7) is 0.483. The summed E-state index contributed by atoms with van der Waals surface area (Å²) in [6, 6.07) is 9.42. The maximum absolute atomic E-state index is 12.9. The second-order valence-electron chi connectivity index (χ2n) is 8.89. The Hall–Kier alpha value is -2.67. The standard InChI is InChI=1S/C24H32N4O3/c29-21-13-18(23(30)25-14-16-7-3-1-4-8-16)11-12-20(21)27-24(31)19-15-26-28-22(19)17-9-5-2-6-10-17/h1,3-4,7-8,15,17-18,20-21,29H,2,5-6,9-14H2,(H,25,30)(H,26,28)(H,27,31)/t18-,20-,21-/m0/s1. The number of rotatable bonds is 6. The number of hydrogen-bond acceptors (Lipinski definition) is 4. The van der Waals surface area contributed by atoms with Gasteiger partial charge in [0.05, 0.1) is 29.6 Å². The summed E-state index contributed by atoms with van der Waals surface area (Å²) in [5, 5.41) is 23.7. The summed E-state index contributed by atoms with van der Waals surface area (Å²) in [6.07, 6.45) is 8.19. The molecule has 0 bridgehead atoms. The lowest BCUT2D eigenvalue weighted by atomic mass is 9.83. The van der Waals surface area contributed by atoms with E-state index in [4.69, 9.17) is 0 Å². The summed E-state index contributed by atoms with van der Waals surface area (Å²) in [5.41, 5.74) is 2.55. The Morgan fingerprint density at radius 1 is 1.06 bits per heavy atom. The predicted octanol–water partition coefficient (Wildman–Crippen LogP) is 3.03. The van der Waals surface area contributed by atoms with E-state index in [1.54, 1.807) is 6.20 Å². The molecule has 7 nitrogen and oxygen atoms in total. The SMILES string of the molecule is O=C(N[C@H]1CC[C@H](C(=O)NCc2ccccc2)C[C@@H]1O)c1cn[nH]c1C1CCCCC1.